The van der Waals surface area contributed by atoms with Crippen molar-refractivity contribution >= 4 is 39.0 Å². The van der Waals surface area contributed by atoms with Gasteiger partial charge in [0.2, 0.25) is 5.91 Å². The van der Waals surface area contributed by atoms with Crippen LogP contribution in [-0.4, -0.2) is 36.2 Å². The van der Waals surface area contributed by atoms with Crippen LogP contribution in [0.15, 0.2) is 15.9 Å². The highest BCUT2D eigenvalue weighted by Crippen LogP contribution is 2.22. The predicted octanol–water partition coefficient (Wildman–Crippen LogP) is 2.14. The number of ketones is 1. The molecule has 6 heteroatoms. The maximum Gasteiger partial charge on any atom is 0.231 e. The van der Waals surface area contributed by atoms with Crippen LogP contribution in [0.5, 0.6) is 0 Å². The van der Waals surface area contributed by atoms with E-state index in [2.05, 4.69) is 15.9 Å². The minimum atomic E-state index is -0.407. The van der Waals surface area contributed by atoms with E-state index in [4.69, 9.17) is 5.73 Å². The van der Waals surface area contributed by atoms with Crippen molar-refractivity contribution in [1.82, 2.24) is 4.90 Å². The molecule has 1 aromatic rings. The molecular formula is C12H17BrN2O2S. The summed E-state index contributed by atoms with van der Waals surface area (Å²) in [6, 6.07) is 3.63. The lowest BCUT2D eigenvalue weighted by molar-refractivity contribution is -0.119. The van der Waals surface area contributed by atoms with Crippen molar-refractivity contribution in [3.8, 4) is 0 Å². The summed E-state index contributed by atoms with van der Waals surface area (Å²) in [6.45, 7) is 5.12. The summed E-state index contributed by atoms with van der Waals surface area (Å²) in [5, 5.41) is 0. The van der Waals surface area contributed by atoms with Gasteiger partial charge in [-0.2, -0.15) is 0 Å². The number of thiophene rings is 1. The van der Waals surface area contributed by atoms with Crippen molar-refractivity contribution in [2.45, 2.75) is 13.8 Å². The molecule has 0 spiro atoms. The predicted molar refractivity (Wildman–Crippen MR) is 76.8 cm³/mol. The summed E-state index contributed by atoms with van der Waals surface area (Å²) < 4.78 is 0.927. The van der Waals surface area contributed by atoms with E-state index in [-0.39, 0.29) is 18.9 Å². The third kappa shape index (κ3) is 5.29. The zero-order valence-corrected chi connectivity index (χ0v) is 12.9. The molecule has 100 valence electrons. The first kappa shape index (κ1) is 15.3. The molecule has 0 aliphatic carbocycles. The second-order valence-electron chi connectivity index (χ2n) is 4.56. The van der Waals surface area contributed by atoms with Crippen molar-refractivity contribution in [2.75, 3.05) is 19.6 Å². The number of nitrogens with zero attached hydrogens (tertiary/aromatic N) is 1. The summed E-state index contributed by atoms with van der Waals surface area (Å²) >= 11 is 4.73. The van der Waals surface area contributed by atoms with E-state index < -0.39 is 5.91 Å². The quantitative estimate of drug-likeness (QED) is 0.778. The number of carbonyl (C=O) groups is 2. The second-order valence-corrected chi connectivity index (χ2v) is 7.02. The second kappa shape index (κ2) is 7.01. The number of hydrogen-bond acceptors (Lipinski definition) is 4. The van der Waals surface area contributed by atoms with Crippen molar-refractivity contribution < 1.29 is 9.59 Å². The van der Waals surface area contributed by atoms with E-state index >= 15 is 0 Å². The van der Waals surface area contributed by atoms with Crippen LogP contribution < -0.4 is 5.73 Å². The van der Waals surface area contributed by atoms with Crippen LogP contribution in [0, 0.1) is 5.92 Å². The van der Waals surface area contributed by atoms with Gasteiger partial charge < -0.3 is 5.73 Å². The van der Waals surface area contributed by atoms with Crippen LogP contribution in [0.1, 0.15) is 23.5 Å². The molecule has 0 saturated heterocycles. The molecule has 0 aliphatic rings. The van der Waals surface area contributed by atoms with Gasteiger partial charge in [0.15, 0.2) is 5.78 Å². The van der Waals surface area contributed by atoms with Gasteiger partial charge in [0.1, 0.15) is 0 Å². The normalized spacial score (nSPS) is 11.2. The molecular weight excluding hydrogens is 316 g/mol. The first-order valence-electron chi connectivity index (χ1n) is 5.67. The summed E-state index contributed by atoms with van der Waals surface area (Å²) in [5.74, 6) is -0.00404. The topological polar surface area (TPSA) is 63.4 Å². The number of nitrogens with two attached hydrogens (primary N) is 1. The van der Waals surface area contributed by atoms with Gasteiger partial charge in [-0.15, -0.1) is 11.3 Å². The molecule has 1 rings (SSSR count). The Morgan fingerprint density at radius 2 is 2.06 bits per heavy atom. The van der Waals surface area contributed by atoms with Crippen molar-refractivity contribution in [1.29, 1.82) is 0 Å². The fraction of sp³-hybridized carbons (Fsp3) is 0.500. The summed E-state index contributed by atoms with van der Waals surface area (Å²) in [7, 11) is 0. The highest BCUT2D eigenvalue weighted by molar-refractivity contribution is 9.11. The molecule has 0 radical (unpaired) electrons. The standard InChI is InChI=1S/C12H17BrN2O2S/c1-8(2)5-15(7-12(14)17)6-9(16)10-3-4-11(13)18-10/h3-4,8H,5-7H2,1-2H3,(H2,14,17). The highest BCUT2D eigenvalue weighted by atomic mass is 79.9. The van der Waals surface area contributed by atoms with Crippen molar-refractivity contribution in [3.63, 3.8) is 0 Å². The van der Waals surface area contributed by atoms with Gasteiger partial charge in [-0.3, -0.25) is 14.5 Å². The van der Waals surface area contributed by atoms with Crippen LogP contribution >= 0.6 is 27.3 Å². The number of carbonyl (C=O) groups excluding carboxylic acids is 2. The van der Waals surface area contributed by atoms with Gasteiger partial charge in [-0.05, 0) is 34.0 Å². The Morgan fingerprint density at radius 1 is 1.39 bits per heavy atom. The van der Waals surface area contributed by atoms with Crippen molar-refractivity contribution in [2.24, 2.45) is 11.7 Å². The molecule has 0 fully saturated rings. The molecule has 0 unspecified atom stereocenters. The van der Waals surface area contributed by atoms with Gasteiger partial charge in [-0.1, -0.05) is 13.8 Å². The number of primary amides is 1. The van der Waals surface area contributed by atoms with Gasteiger partial charge in [-0.25, -0.2) is 0 Å². The molecule has 1 heterocycles. The fourth-order valence-electron chi connectivity index (χ4n) is 1.67. The van der Waals surface area contributed by atoms with Crippen LogP contribution in [0.3, 0.4) is 0 Å². The van der Waals surface area contributed by atoms with Crippen molar-refractivity contribution in [3.05, 3.63) is 20.8 Å². The first-order chi connectivity index (χ1) is 8.38. The lowest BCUT2D eigenvalue weighted by Crippen LogP contribution is -2.39. The van der Waals surface area contributed by atoms with Gasteiger partial charge in [0.25, 0.3) is 0 Å². The zero-order chi connectivity index (χ0) is 13.7. The molecule has 2 N–H and O–H groups in total. The highest BCUT2D eigenvalue weighted by Gasteiger charge is 2.16. The van der Waals surface area contributed by atoms with E-state index in [0.717, 1.165) is 3.79 Å². The summed E-state index contributed by atoms with van der Waals surface area (Å²) in [4.78, 5) is 25.5. The number of amides is 1. The summed E-state index contributed by atoms with van der Waals surface area (Å²) in [5.41, 5.74) is 5.19. The average Bonchev–Trinajstić information content (AvgIpc) is 2.62. The Bertz CT molecular complexity index is 431. The molecule has 0 aliphatic heterocycles. The molecule has 0 bridgehead atoms. The lowest BCUT2D eigenvalue weighted by Gasteiger charge is -2.21. The molecule has 1 aromatic heterocycles. The maximum atomic E-state index is 12.0. The molecule has 0 atom stereocenters. The minimum Gasteiger partial charge on any atom is -0.369 e. The van der Waals surface area contributed by atoms with Crippen LogP contribution in [0.4, 0.5) is 0 Å². The monoisotopic (exact) mass is 332 g/mol. The minimum absolute atomic E-state index is 0.0209. The Kier molecular flexibility index (Phi) is 5.98. The fourth-order valence-corrected chi connectivity index (χ4v) is 2.98. The van der Waals surface area contributed by atoms with E-state index in [1.54, 1.807) is 11.0 Å². The molecule has 1 amide bonds. The number of rotatable bonds is 7. The Balaban J connectivity index is 2.64. The third-order valence-electron chi connectivity index (χ3n) is 2.22. The van der Waals surface area contributed by atoms with Gasteiger partial charge in [0, 0.05) is 6.54 Å². The summed E-state index contributed by atoms with van der Waals surface area (Å²) in [6.07, 6.45) is 0. The maximum absolute atomic E-state index is 12.0. The van der Waals surface area contributed by atoms with Crippen LogP contribution in [0.2, 0.25) is 0 Å². The molecule has 4 nitrogen and oxygen atoms in total. The largest absolute Gasteiger partial charge is 0.369 e. The lowest BCUT2D eigenvalue weighted by atomic mass is 10.2. The average molecular weight is 333 g/mol. The van der Waals surface area contributed by atoms with Gasteiger partial charge in [0.05, 0.1) is 21.8 Å². The SMILES string of the molecule is CC(C)CN(CC(N)=O)CC(=O)c1ccc(Br)s1. The van der Waals surface area contributed by atoms with E-state index in [1.807, 2.05) is 19.9 Å². The molecule has 18 heavy (non-hydrogen) atoms. The van der Waals surface area contributed by atoms with Gasteiger partial charge >= 0.3 is 0 Å². The third-order valence-corrected chi connectivity index (χ3v) is 3.88. The first-order valence-corrected chi connectivity index (χ1v) is 7.28. The zero-order valence-electron chi connectivity index (χ0n) is 10.5. The van der Waals surface area contributed by atoms with E-state index in [1.165, 1.54) is 11.3 Å². The molecule has 0 saturated carbocycles. The van der Waals surface area contributed by atoms with E-state index in [0.29, 0.717) is 17.3 Å². The number of hydrogen-bond donors (Lipinski definition) is 1. The number of Topliss-reactive ketones (excluding diaryl/α,β-unsaturated/α-hetero) is 1. The molecule has 0 aromatic carbocycles. The Labute approximate surface area is 119 Å². The van der Waals surface area contributed by atoms with Crippen LogP contribution in [0.25, 0.3) is 0 Å². The van der Waals surface area contributed by atoms with Crippen LogP contribution in [-0.2, 0) is 4.79 Å². The van der Waals surface area contributed by atoms with E-state index in [9.17, 15) is 9.59 Å². The smallest absolute Gasteiger partial charge is 0.231 e. The Hall–Kier alpha value is -0.720. The number of halogens is 1. The Morgan fingerprint density at radius 3 is 2.50 bits per heavy atom.